The van der Waals surface area contributed by atoms with Crippen molar-refractivity contribution in [2.24, 2.45) is 0 Å². The van der Waals surface area contributed by atoms with Gasteiger partial charge < -0.3 is 14.2 Å². The molecule has 0 atom stereocenters. The number of hydrogen-bond donors (Lipinski definition) is 0. The van der Waals surface area contributed by atoms with Crippen LogP contribution in [0.1, 0.15) is 20.8 Å². The van der Waals surface area contributed by atoms with Crippen LogP contribution < -0.4 is 0 Å². The van der Waals surface area contributed by atoms with E-state index in [1.54, 1.807) is 0 Å². The SMILES string of the molecule is C=CC=CC(OC(=O)C(=C)C)=C(OC(=O)C(=C)C)OC(=O)C(=C)C. The third-order valence-corrected chi connectivity index (χ3v) is 2.20. The monoisotopic (exact) mass is 332 g/mol. The molecule has 0 heterocycles. The Hall–Kier alpha value is -3.15. The van der Waals surface area contributed by atoms with Gasteiger partial charge in [0.2, 0.25) is 5.76 Å². The second-order valence-corrected chi connectivity index (χ2v) is 4.76. The van der Waals surface area contributed by atoms with E-state index in [-0.39, 0.29) is 22.5 Å². The molecule has 6 heteroatoms. The van der Waals surface area contributed by atoms with Gasteiger partial charge in [0, 0.05) is 16.7 Å². The van der Waals surface area contributed by atoms with Gasteiger partial charge in [0.1, 0.15) is 0 Å². The Kier molecular flexibility index (Phi) is 8.50. The van der Waals surface area contributed by atoms with Crippen molar-refractivity contribution < 1.29 is 28.6 Å². The molecule has 0 saturated carbocycles. The first-order chi connectivity index (χ1) is 11.1. The minimum atomic E-state index is -0.865. The predicted octanol–water partition coefficient (Wildman–Crippen LogP) is 3.26. The van der Waals surface area contributed by atoms with Crippen molar-refractivity contribution in [3.8, 4) is 0 Å². The van der Waals surface area contributed by atoms with E-state index >= 15 is 0 Å². The lowest BCUT2D eigenvalue weighted by molar-refractivity contribution is -0.151. The standard InChI is InChI=1S/C18H20O6/c1-8-9-10-14(22-15(19)11(2)3)18(23-16(20)12(4)5)24-17(21)13(6)7/h8-10H,1-2,4,6H2,3,5,7H3. The minimum Gasteiger partial charge on any atom is -0.416 e. The number of allylic oxidation sites excluding steroid dienone is 3. The van der Waals surface area contributed by atoms with Crippen LogP contribution in [0.3, 0.4) is 0 Å². The van der Waals surface area contributed by atoms with Crippen LogP contribution in [0.15, 0.2) is 73.0 Å². The maximum Gasteiger partial charge on any atom is 0.340 e. The van der Waals surface area contributed by atoms with Crippen LogP contribution >= 0.6 is 0 Å². The van der Waals surface area contributed by atoms with Crippen LogP contribution in [0.2, 0.25) is 0 Å². The van der Waals surface area contributed by atoms with E-state index in [2.05, 4.69) is 26.3 Å². The Labute approximate surface area is 141 Å². The van der Waals surface area contributed by atoms with Crippen molar-refractivity contribution in [2.75, 3.05) is 0 Å². The van der Waals surface area contributed by atoms with E-state index in [0.717, 1.165) is 0 Å². The van der Waals surface area contributed by atoms with Gasteiger partial charge in [0.15, 0.2) is 0 Å². The normalized spacial score (nSPS) is 9.62. The van der Waals surface area contributed by atoms with Gasteiger partial charge in [-0.1, -0.05) is 38.5 Å². The maximum atomic E-state index is 11.7. The lowest BCUT2D eigenvalue weighted by Crippen LogP contribution is -2.16. The largest absolute Gasteiger partial charge is 0.416 e. The quantitative estimate of drug-likeness (QED) is 0.294. The first-order valence-corrected chi connectivity index (χ1v) is 6.76. The summed E-state index contributed by atoms with van der Waals surface area (Å²) in [5.74, 6) is -3.46. The second-order valence-electron chi connectivity index (χ2n) is 4.76. The van der Waals surface area contributed by atoms with Gasteiger partial charge in [0.25, 0.3) is 0 Å². The zero-order chi connectivity index (χ0) is 18.9. The summed E-state index contributed by atoms with van der Waals surface area (Å²) < 4.78 is 14.9. The topological polar surface area (TPSA) is 78.9 Å². The molecule has 0 aromatic heterocycles. The minimum absolute atomic E-state index is 0.0529. The number of rotatable bonds is 8. The fourth-order valence-corrected chi connectivity index (χ4v) is 0.950. The molecule has 0 fully saturated rings. The number of esters is 3. The highest BCUT2D eigenvalue weighted by molar-refractivity contribution is 5.90. The van der Waals surface area contributed by atoms with Gasteiger partial charge in [-0.15, -0.1) is 0 Å². The molecule has 0 bridgehead atoms. The molecule has 0 aliphatic rings. The van der Waals surface area contributed by atoms with E-state index in [4.69, 9.17) is 14.2 Å². The van der Waals surface area contributed by atoms with Crippen molar-refractivity contribution >= 4 is 17.9 Å². The molecule has 0 aromatic carbocycles. The van der Waals surface area contributed by atoms with Crippen LogP contribution in [0, 0.1) is 0 Å². The highest BCUT2D eigenvalue weighted by Gasteiger charge is 2.21. The molecule has 0 rings (SSSR count). The number of hydrogen-bond acceptors (Lipinski definition) is 6. The summed E-state index contributed by atoms with van der Waals surface area (Å²) in [6.07, 6.45) is 4.01. The van der Waals surface area contributed by atoms with Crippen LogP contribution in [0.25, 0.3) is 0 Å². The molecule has 0 saturated heterocycles. The van der Waals surface area contributed by atoms with Crippen molar-refractivity contribution in [1.29, 1.82) is 0 Å². The second kappa shape index (κ2) is 9.78. The highest BCUT2D eigenvalue weighted by Crippen LogP contribution is 2.17. The Morgan fingerprint density at radius 3 is 1.46 bits per heavy atom. The molecule has 0 N–H and O–H groups in total. The van der Waals surface area contributed by atoms with E-state index in [0.29, 0.717) is 0 Å². The molecule has 0 spiro atoms. The molecule has 128 valence electrons. The summed E-state index contributed by atoms with van der Waals surface area (Å²) >= 11 is 0. The van der Waals surface area contributed by atoms with Gasteiger partial charge in [-0.2, -0.15) is 0 Å². The van der Waals surface area contributed by atoms with Gasteiger partial charge in [0.05, 0.1) is 0 Å². The first-order valence-electron chi connectivity index (χ1n) is 6.76. The Morgan fingerprint density at radius 1 is 0.750 bits per heavy atom. The molecule has 0 radical (unpaired) electrons. The lowest BCUT2D eigenvalue weighted by atomic mass is 10.3. The number of carbonyl (C=O) groups excluding carboxylic acids is 3. The Bertz CT molecular complexity index is 631. The molecule has 0 amide bonds. The van der Waals surface area contributed by atoms with Gasteiger partial charge >= 0.3 is 23.9 Å². The summed E-state index contributed by atoms with van der Waals surface area (Å²) in [7, 11) is 0. The Morgan fingerprint density at radius 2 is 1.12 bits per heavy atom. The van der Waals surface area contributed by atoms with Gasteiger partial charge in [-0.25, -0.2) is 14.4 Å². The van der Waals surface area contributed by atoms with Crippen LogP contribution in [0.5, 0.6) is 0 Å². The fraction of sp³-hybridized carbons (Fsp3) is 0.167. The van der Waals surface area contributed by atoms with Crippen molar-refractivity contribution in [2.45, 2.75) is 20.8 Å². The molecular weight excluding hydrogens is 312 g/mol. The Balaban J connectivity index is 5.97. The summed E-state index contributed by atoms with van der Waals surface area (Å²) in [5.41, 5.74) is 0.200. The zero-order valence-corrected chi connectivity index (χ0v) is 14.0. The summed E-state index contributed by atoms with van der Waals surface area (Å²) in [5, 5.41) is 0. The first kappa shape index (κ1) is 20.9. The average molecular weight is 332 g/mol. The molecule has 0 aliphatic heterocycles. The van der Waals surface area contributed by atoms with Crippen molar-refractivity contribution in [1.82, 2.24) is 0 Å². The van der Waals surface area contributed by atoms with Gasteiger partial charge in [-0.05, 0) is 26.8 Å². The van der Waals surface area contributed by atoms with Gasteiger partial charge in [-0.3, -0.25) is 0 Å². The summed E-state index contributed by atoms with van der Waals surface area (Å²) in [6.45, 7) is 18.0. The van der Waals surface area contributed by atoms with Crippen LogP contribution in [-0.2, 0) is 28.6 Å². The van der Waals surface area contributed by atoms with E-state index < -0.39 is 23.9 Å². The molecule has 6 nitrogen and oxygen atoms in total. The lowest BCUT2D eigenvalue weighted by Gasteiger charge is -2.13. The van der Waals surface area contributed by atoms with E-state index in [9.17, 15) is 14.4 Å². The predicted molar refractivity (Wildman–Crippen MR) is 89.1 cm³/mol. The molecule has 0 unspecified atom stereocenters. The van der Waals surface area contributed by atoms with E-state index in [1.807, 2.05) is 0 Å². The van der Waals surface area contributed by atoms with Crippen LogP contribution in [-0.4, -0.2) is 17.9 Å². The smallest absolute Gasteiger partial charge is 0.340 e. The third-order valence-electron chi connectivity index (χ3n) is 2.20. The van der Waals surface area contributed by atoms with Crippen LogP contribution in [0.4, 0.5) is 0 Å². The fourth-order valence-electron chi connectivity index (χ4n) is 0.950. The average Bonchev–Trinajstić information content (AvgIpc) is 2.49. The van der Waals surface area contributed by atoms with E-state index in [1.165, 1.54) is 39.0 Å². The number of carbonyl (C=O) groups is 3. The molecule has 0 aliphatic carbocycles. The molecular formula is C18H20O6. The number of ether oxygens (including phenoxy) is 3. The third kappa shape index (κ3) is 7.22. The molecule has 0 aromatic rings. The highest BCUT2D eigenvalue weighted by atomic mass is 16.7. The zero-order valence-electron chi connectivity index (χ0n) is 14.0. The van der Waals surface area contributed by atoms with Crippen molar-refractivity contribution in [3.63, 3.8) is 0 Å². The van der Waals surface area contributed by atoms with Crippen molar-refractivity contribution in [3.05, 3.63) is 73.0 Å². The summed E-state index contributed by atoms with van der Waals surface area (Å²) in [4.78, 5) is 35.2. The maximum absolute atomic E-state index is 11.7. The molecule has 24 heavy (non-hydrogen) atoms. The summed E-state index contributed by atoms with van der Waals surface area (Å²) in [6, 6.07) is 0.